The number of pyridine rings is 1. The number of rotatable bonds is 5. The minimum absolute atomic E-state index is 0.0426. The number of carbonyl (C=O) groups excluding carboxylic acids is 1. The lowest BCUT2D eigenvalue weighted by Crippen LogP contribution is -2.47. The van der Waals surface area contributed by atoms with Crippen molar-refractivity contribution in [1.82, 2.24) is 25.2 Å². The molecule has 3 aromatic rings. The molecule has 6 nitrogen and oxygen atoms in total. The van der Waals surface area contributed by atoms with E-state index >= 15 is 0 Å². The number of carbonyl (C=O) groups is 1. The van der Waals surface area contributed by atoms with E-state index in [1.54, 1.807) is 24.8 Å². The molecule has 3 heterocycles. The van der Waals surface area contributed by atoms with Gasteiger partial charge in [0.15, 0.2) is 0 Å². The van der Waals surface area contributed by atoms with Crippen LogP contribution >= 0.6 is 0 Å². The minimum Gasteiger partial charge on any atom is -0.348 e. The van der Waals surface area contributed by atoms with Crippen LogP contribution in [-0.4, -0.2) is 44.9 Å². The van der Waals surface area contributed by atoms with Gasteiger partial charge in [-0.3, -0.25) is 24.6 Å². The van der Waals surface area contributed by atoms with Crippen molar-refractivity contribution in [2.45, 2.75) is 25.4 Å². The van der Waals surface area contributed by atoms with Gasteiger partial charge >= 0.3 is 0 Å². The maximum absolute atomic E-state index is 12.8. The zero-order valence-corrected chi connectivity index (χ0v) is 15.7. The highest BCUT2D eigenvalue weighted by Crippen LogP contribution is 2.18. The molecule has 0 saturated carbocycles. The van der Waals surface area contributed by atoms with E-state index in [1.807, 2.05) is 36.5 Å². The summed E-state index contributed by atoms with van der Waals surface area (Å²) in [5, 5.41) is 3.20. The quantitative estimate of drug-likeness (QED) is 0.745. The first-order valence-electron chi connectivity index (χ1n) is 9.56. The van der Waals surface area contributed by atoms with Gasteiger partial charge in [0.05, 0.1) is 11.9 Å². The summed E-state index contributed by atoms with van der Waals surface area (Å²) >= 11 is 0. The van der Waals surface area contributed by atoms with Gasteiger partial charge in [-0.2, -0.15) is 0 Å². The summed E-state index contributed by atoms with van der Waals surface area (Å²) in [4.78, 5) is 27.8. The van der Waals surface area contributed by atoms with Gasteiger partial charge in [0.2, 0.25) is 0 Å². The van der Waals surface area contributed by atoms with Crippen LogP contribution in [0, 0.1) is 0 Å². The maximum Gasteiger partial charge on any atom is 0.251 e. The molecule has 2 aromatic heterocycles. The SMILES string of the molecule is O=C(N[C@@H]1CCCN(Cc2cccnc2)C1)c1cccc(-c2cnccn2)c1. The Labute approximate surface area is 164 Å². The Balaban J connectivity index is 1.39. The van der Waals surface area contributed by atoms with Crippen molar-refractivity contribution in [3.05, 3.63) is 78.5 Å². The molecule has 0 radical (unpaired) electrons. The van der Waals surface area contributed by atoms with Crippen molar-refractivity contribution in [2.75, 3.05) is 13.1 Å². The summed E-state index contributed by atoms with van der Waals surface area (Å²) < 4.78 is 0. The lowest BCUT2D eigenvalue weighted by atomic mass is 10.0. The van der Waals surface area contributed by atoms with Crippen molar-refractivity contribution in [3.63, 3.8) is 0 Å². The van der Waals surface area contributed by atoms with Crippen LogP contribution in [0.1, 0.15) is 28.8 Å². The largest absolute Gasteiger partial charge is 0.348 e. The molecule has 1 N–H and O–H groups in total. The molecule has 4 rings (SSSR count). The second-order valence-corrected chi connectivity index (χ2v) is 7.08. The van der Waals surface area contributed by atoms with Crippen LogP contribution in [0.3, 0.4) is 0 Å². The molecule has 0 aliphatic carbocycles. The van der Waals surface area contributed by atoms with Gasteiger partial charge in [-0.25, -0.2) is 0 Å². The van der Waals surface area contributed by atoms with Crippen LogP contribution in [0.4, 0.5) is 0 Å². The molecule has 1 aliphatic heterocycles. The molecule has 28 heavy (non-hydrogen) atoms. The minimum atomic E-state index is -0.0426. The first kappa shape index (κ1) is 18.3. The lowest BCUT2D eigenvalue weighted by Gasteiger charge is -2.33. The van der Waals surface area contributed by atoms with Gasteiger partial charge in [-0.1, -0.05) is 18.2 Å². The molecule has 0 spiro atoms. The summed E-state index contributed by atoms with van der Waals surface area (Å²) in [5.41, 5.74) is 3.50. The van der Waals surface area contributed by atoms with Crippen LogP contribution in [-0.2, 0) is 6.54 Å². The Morgan fingerprint density at radius 3 is 2.86 bits per heavy atom. The Bertz CT molecular complexity index is 916. The first-order valence-corrected chi connectivity index (χ1v) is 9.56. The van der Waals surface area contributed by atoms with E-state index in [1.165, 1.54) is 5.56 Å². The van der Waals surface area contributed by atoms with Crippen LogP contribution < -0.4 is 5.32 Å². The lowest BCUT2D eigenvalue weighted by molar-refractivity contribution is 0.0901. The van der Waals surface area contributed by atoms with Crippen LogP contribution in [0.15, 0.2) is 67.4 Å². The van der Waals surface area contributed by atoms with E-state index in [2.05, 4.69) is 31.2 Å². The summed E-state index contributed by atoms with van der Waals surface area (Å²) in [7, 11) is 0. The molecule has 6 heteroatoms. The molecule has 1 saturated heterocycles. The number of likely N-dealkylation sites (tertiary alicyclic amines) is 1. The number of amides is 1. The van der Waals surface area contributed by atoms with Crippen molar-refractivity contribution < 1.29 is 4.79 Å². The van der Waals surface area contributed by atoms with Crippen molar-refractivity contribution in [1.29, 1.82) is 0 Å². The Morgan fingerprint density at radius 1 is 1.11 bits per heavy atom. The number of nitrogens with zero attached hydrogens (tertiary/aromatic N) is 4. The number of hydrogen-bond donors (Lipinski definition) is 1. The fourth-order valence-electron chi connectivity index (χ4n) is 3.60. The number of aromatic nitrogens is 3. The number of piperidine rings is 1. The van der Waals surface area contributed by atoms with E-state index in [9.17, 15) is 4.79 Å². The number of hydrogen-bond acceptors (Lipinski definition) is 5. The molecule has 1 aromatic carbocycles. The maximum atomic E-state index is 12.8. The second-order valence-electron chi connectivity index (χ2n) is 7.08. The normalized spacial score (nSPS) is 17.2. The summed E-state index contributed by atoms with van der Waals surface area (Å²) in [6.07, 6.45) is 10.8. The molecule has 0 unspecified atom stereocenters. The van der Waals surface area contributed by atoms with Gasteiger partial charge in [0, 0.05) is 55.0 Å². The van der Waals surface area contributed by atoms with Crippen LogP contribution in [0.25, 0.3) is 11.3 Å². The third-order valence-corrected chi connectivity index (χ3v) is 4.95. The zero-order valence-electron chi connectivity index (χ0n) is 15.7. The average Bonchev–Trinajstić information content (AvgIpc) is 2.75. The van der Waals surface area contributed by atoms with Gasteiger partial charge in [-0.05, 0) is 43.1 Å². The topological polar surface area (TPSA) is 71.0 Å². The molecule has 1 amide bonds. The van der Waals surface area contributed by atoms with E-state index in [0.29, 0.717) is 5.56 Å². The molecular weight excluding hydrogens is 350 g/mol. The first-order chi connectivity index (χ1) is 13.8. The van der Waals surface area contributed by atoms with E-state index in [-0.39, 0.29) is 11.9 Å². The van der Waals surface area contributed by atoms with E-state index in [0.717, 1.165) is 43.7 Å². The van der Waals surface area contributed by atoms with E-state index in [4.69, 9.17) is 0 Å². The van der Waals surface area contributed by atoms with E-state index < -0.39 is 0 Å². The zero-order chi connectivity index (χ0) is 19.2. The smallest absolute Gasteiger partial charge is 0.251 e. The summed E-state index contributed by atoms with van der Waals surface area (Å²) in [5.74, 6) is -0.0426. The van der Waals surface area contributed by atoms with Crippen LogP contribution in [0.5, 0.6) is 0 Å². The molecule has 1 aliphatic rings. The molecule has 1 fully saturated rings. The number of benzene rings is 1. The highest BCUT2D eigenvalue weighted by atomic mass is 16.1. The Hall–Kier alpha value is -3.12. The van der Waals surface area contributed by atoms with Crippen molar-refractivity contribution >= 4 is 5.91 Å². The summed E-state index contributed by atoms with van der Waals surface area (Å²) in [6, 6.07) is 11.7. The predicted octanol–water partition coefficient (Wildman–Crippen LogP) is 2.93. The Kier molecular flexibility index (Phi) is 5.68. The highest BCUT2D eigenvalue weighted by molar-refractivity contribution is 5.95. The molecule has 1 atom stereocenters. The fourth-order valence-corrected chi connectivity index (χ4v) is 3.60. The average molecular weight is 373 g/mol. The molecule has 142 valence electrons. The fraction of sp³-hybridized carbons (Fsp3) is 0.273. The molecule has 0 bridgehead atoms. The third-order valence-electron chi connectivity index (χ3n) is 4.95. The standard InChI is InChI=1S/C22H23N5O/c28-22(19-6-1-5-18(12-19)21-14-24-9-10-25-21)26-20-7-3-11-27(16-20)15-17-4-2-8-23-13-17/h1-2,4-6,8-10,12-14,20H,3,7,11,15-16H2,(H,26,28)/t20-/m1/s1. The predicted molar refractivity (Wildman–Crippen MR) is 107 cm³/mol. The van der Waals surface area contributed by atoms with Gasteiger partial charge < -0.3 is 5.32 Å². The van der Waals surface area contributed by atoms with Gasteiger partial charge in [0.1, 0.15) is 0 Å². The van der Waals surface area contributed by atoms with Gasteiger partial charge in [-0.15, -0.1) is 0 Å². The monoisotopic (exact) mass is 373 g/mol. The van der Waals surface area contributed by atoms with Gasteiger partial charge in [0.25, 0.3) is 5.91 Å². The number of nitrogens with one attached hydrogen (secondary N) is 1. The highest BCUT2D eigenvalue weighted by Gasteiger charge is 2.22. The second kappa shape index (κ2) is 8.71. The third kappa shape index (κ3) is 4.58. The van der Waals surface area contributed by atoms with Crippen molar-refractivity contribution in [3.8, 4) is 11.3 Å². The van der Waals surface area contributed by atoms with Crippen molar-refractivity contribution in [2.24, 2.45) is 0 Å². The Morgan fingerprint density at radius 2 is 2.04 bits per heavy atom. The summed E-state index contributed by atoms with van der Waals surface area (Å²) in [6.45, 7) is 2.76. The van der Waals surface area contributed by atoms with Crippen LogP contribution in [0.2, 0.25) is 0 Å². The molecular formula is C22H23N5O.